The van der Waals surface area contributed by atoms with E-state index in [1.54, 1.807) is 6.07 Å². The first-order chi connectivity index (χ1) is 11.3. The summed E-state index contributed by atoms with van der Waals surface area (Å²) in [5.41, 5.74) is 0.185. The highest BCUT2D eigenvalue weighted by Gasteiger charge is 2.24. The molecule has 0 amide bonds. The van der Waals surface area contributed by atoms with Crippen LogP contribution >= 0.6 is 11.6 Å². The second-order valence-electron chi connectivity index (χ2n) is 4.99. The summed E-state index contributed by atoms with van der Waals surface area (Å²) in [5.74, 6) is -1.24. The van der Waals surface area contributed by atoms with Crippen LogP contribution in [0.1, 0.15) is 15.9 Å². The van der Waals surface area contributed by atoms with E-state index < -0.39 is 21.8 Å². The Morgan fingerprint density at radius 1 is 1.25 bits per heavy atom. The fraction of sp³-hybridized carbons (Fsp3) is 0.188. The lowest BCUT2D eigenvalue weighted by atomic mass is 10.2. The maximum atomic E-state index is 13.7. The van der Waals surface area contributed by atoms with Gasteiger partial charge in [-0.25, -0.2) is 17.6 Å². The third-order valence-corrected chi connectivity index (χ3v) is 5.53. The number of carbonyl (C=O) groups excluding carboxylic acids is 1. The fourth-order valence-electron chi connectivity index (χ4n) is 2.06. The average Bonchev–Trinajstić information content (AvgIpc) is 2.56. The average molecular weight is 372 g/mol. The van der Waals surface area contributed by atoms with Crippen LogP contribution in [0.3, 0.4) is 0 Å². The number of methoxy groups -OCH3 is 1. The molecule has 5 nitrogen and oxygen atoms in total. The molecule has 2 aromatic rings. The van der Waals surface area contributed by atoms with Gasteiger partial charge in [-0.1, -0.05) is 29.8 Å². The van der Waals surface area contributed by atoms with Crippen LogP contribution in [-0.2, 0) is 21.3 Å². The molecule has 0 saturated heterocycles. The standard InChI is InChI=1S/C16H15ClFNO4S/c1-19(10-11-5-3-4-6-15(11)18)24(21,22)12-7-8-14(17)13(9-12)16(20)23-2/h3-9H,10H2,1-2H3. The van der Waals surface area contributed by atoms with Crippen LogP contribution in [0.15, 0.2) is 47.4 Å². The van der Waals surface area contributed by atoms with Crippen LogP contribution in [0.5, 0.6) is 0 Å². The minimum absolute atomic E-state index is 0.0560. The van der Waals surface area contributed by atoms with Crippen molar-refractivity contribution in [1.82, 2.24) is 4.31 Å². The van der Waals surface area contributed by atoms with Crippen molar-refractivity contribution in [1.29, 1.82) is 0 Å². The van der Waals surface area contributed by atoms with Crippen molar-refractivity contribution in [3.8, 4) is 0 Å². The monoisotopic (exact) mass is 371 g/mol. The minimum atomic E-state index is -3.93. The third kappa shape index (κ3) is 3.75. The van der Waals surface area contributed by atoms with Crippen molar-refractivity contribution in [2.24, 2.45) is 0 Å². The zero-order chi connectivity index (χ0) is 17.9. The highest BCUT2D eigenvalue weighted by molar-refractivity contribution is 7.89. The van der Waals surface area contributed by atoms with Gasteiger partial charge >= 0.3 is 5.97 Å². The molecule has 0 unspecified atom stereocenters. The topological polar surface area (TPSA) is 63.7 Å². The van der Waals surface area contributed by atoms with E-state index in [1.807, 2.05) is 0 Å². The summed E-state index contributed by atoms with van der Waals surface area (Å²) < 4.78 is 44.5. The highest BCUT2D eigenvalue weighted by Crippen LogP contribution is 2.24. The number of benzene rings is 2. The molecule has 0 heterocycles. The number of hydrogen-bond acceptors (Lipinski definition) is 4. The molecule has 0 N–H and O–H groups in total. The van der Waals surface area contributed by atoms with E-state index in [4.69, 9.17) is 11.6 Å². The van der Waals surface area contributed by atoms with Gasteiger partial charge in [0.15, 0.2) is 0 Å². The third-order valence-electron chi connectivity index (χ3n) is 3.40. The molecule has 0 saturated carbocycles. The van der Waals surface area contributed by atoms with Gasteiger partial charge in [0, 0.05) is 19.2 Å². The second-order valence-corrected chi connectivity index (χ2v) is 7.44. The van der Waals surface area contributed by atoms with Crippen LogP contribution in [0.25, 0.3) is 0 Å². The molecule has 2 rings (SSSR count). The van der Waals surface area contributed by atoms with Crippen molar-refractivity contribution >= 4 is 27.6 Å². The Kier molecular flexibility index (Phi) is 5.58. The zero-order valence-electron chi connectivity index (χ0n) is 13.0. The SMILES string of the molecule is COC(=O)c1cc(S(=O)(=O)N(C)Cc2ccccc2F)ccc1Cl. The molecular weight excluding hydrogens is 357 g/mol. The van der Waals surface area contributed by atoms with Crippen LogP contribution in [0, 0.1) is 5.82 Å². The van der Waals surface area contributed by atoms with Crippen molar-refractivity contribution in [3.63, 3.8) is 0 Å². The molecule has 24 heavy (non-hydrogen) atoms. The molecule has 0 atom stereocenters. The summed E-state index contributed by atoms with van der Waals surface area (Å²) in [4.78, 5) is 11.5. The Morgan fingerprint density at radius 2 is 1.92 bits per heavy atom. The van der Waals surface area contributed by atoms with Gasteiger partial charge in [-0.3, -0.25) is 0 Å². The van der Waals surface area contributed by atoms with E-state index in [1.165, 1.54) is 44.5 Å². The first kappa shape index (κ1) is 18.4. The van der Waals surface area contributed by atoms with Gasteiger partial charge < -0.3 is 4.74 Å². The lowest BCUT2D eigenvalue weighted by molar-refractivity contribution is 0.0600. The van der Waals surface area contributed by atoms with E-state index in [2.05, 4.69) is 4.74 Å². The van der Waals surface area contributed by atoms with E-state index >= 15 is 0 Å². The Bertz CT molecular complexity index is 870. The van der Waals surface area contributed by atoms with Crippen LogP contribution in [0.4, 0.5) is 4.39 Å². The number of ether oxygens (including phenoxy) is 1. The van der Waals surface area contributed by atoms with E-state index in [-0.39, 0.29) is 27.6 Å². The number of nitrogens with zero attached hydrogens (tertiary/aromatic N) is 1. The quantitative estimate of drug-likeness (QED) is 0.758. The number of rotatable bonds is 5. The van der Waals surface area contributed by atoms with Crippen LogP contribution < -0.4 is 0 Å². The van der Waals surface area contributed by atoms with Gasteiger partial charge in [0.2, 0.25) is 10.0 Å². The summed E-state index contributed by atoms with van der Waals surface area (Å²) in [6.07, 6.45) is 0. The van der Waals surface area contributed by atoms with Gasteiger partial charge in [0.25, 0.3) is 0 Å². The number of halogens is 2. The predicted molar refractivity (Wildman–Crippen MR) is 87.8 cm³/mol. The first-order valence-corrected chi connectivity index (χ1v) is 8.66. The van der Waals surface area contributed by atoms with Gasteiger partial charge in [0.05, 0.1) is 22.6 Å². The Balaban J connectivity index is 2.36. The van der Waals surface area contributed by atoms with Gasteiger partial charge in [-0.05, 0) is 24.3 Å². The van der Waals surface area contributed by atoms with E-state index in [0.717, 1.165) is 10.4 Å². The summed E-state index contributed by atoms with van der Waals surface area (Å²) in [6.45, 7) is -0.148. The summed E-state index contributed by atoms with van der Waals surface area (Å²) in [7, 11) is -1.44. The summed E-state index contributed by atoms with van der Waals surface area (Å²) in [5, 5.41) is 0.0811. The van der Waals surface area contributed by atoms with Gasteiger partial charge in [0.1, 0.15) is 5.82 Å². The summed E-state index contributed by atoms with van der Waals surface area (Å²) >= 11 is 5.89. The molecule has 0 bridgehead atoms. The predicted octanol–water partition coefficient (Wildman–Crippen LogP) is 3.09. The van der Waals surface area contributed by atoms with Crippen molar-refractivity contribution in [2.75, 3.05) is 14.2 Å². The van der Waals surface area contributed by atoms with Crippen molar-refractivity contribution < 1.29 is 22.3 Å². The Morgan fingerprint density at radius 3 is 2.54 bits per heavy atom. The van der Waals surface area contributed by atoms with Gasteiger partial charge in [-0.2, -0.15) is 4.31 Å². The molecule has 0 aliphatic carbocycles. The molecule has 0 aliphatic heterocycles. The second kappa shape index (κ2) is 7.29. The molecule has 0 aliphatic rings. The normalized spacial score (nSPS) is 11.5. The molecular formula is C16H15ClFNO4S. The number of carbonyl (C=O) groups is 1. The zero-order valence-corrected chi connectivity index (χ0v) is 14.6. The smallest absolute Gasteiger partial charge is 0.339 e. The largest absolute Gasteiger partial charge is 0.465 e. The number of esters is 1. The minimum Gasteiger partial charge on any atom is -0.465 e. The molecule has 0 radical (unpaired) electrons. The molecule has 128 valence electrons. The lowest BCUT2D eigenvalue weighted by Gasteiger charge is -2.18. The fourth-order valence-corrected chi connectivity index (χ4v) is 3.43. The molecule has 0 spiro atoms. The molecule has 8 heteroatoms. The summed E-state index contributed by atoms with van der Waals surface area (Å²) in [6, 6.07) is 9.63. The molecule has 2 aromatic carbocycles. The van der Waals surface area contributed by atoms with Gasteiger partial charge in [-0.15, -0.1) is 0 Å². The number of hydrogen-bond donors (Lipinski definition) is 0. The number of sulfonamides is 1. The lowest BCUT2D eigenvalue weighted by Crippen LogP contribution is -2.27. The maximum absolute atomic E-state index is 13.7. The highest BCUT2D eigenvalue weighted by atomic mass is 35.5. The Labute approximate surface area is 144 Å². The Hall–Kier alpha value is -1.96. The van der Waals surface area contributed by atoms with E-state index in [0.29, 0.717) is 0 Å². The van der Waals surface area contributed by atoms with Crippen molar-refractivity contribution in [2.45, 2.75) is 11.4 Å². The molecule has 0 fully saturated rings. The van der Waals surface area contributed by atoms with E-state index in [9.17, 15) is 17.6 Å². The van der Waals surface area contributed by atoms with Crippen molar-refractivity contribution in [3.05, 3.63) is 64.4 Å². The maximum Gasteiger partial charge on any atom is 0.339 e. The molecule has 0 aromatic heterocycles. The first-order valence-electron chi connectivity index (χ1n) is 6.85. The van der Waals surface area contributed by atoms with Crippen LogP contribution in [0.2, 0.25) is 5.02 Å². The van der Waals surface area contributed by atoms with Crippen LogP contribution in [-0.4, -0.2) is 32.8 Å².